The van der Waals surface area contributed by atoms with E-state index in [0.717, 1.165) is 16.7 Å². The van der Waals surface area contributed by atoms with Gasteiger partial charge in [0.2, 0.25) is 5.76 Å². The summed E-state index contributed by atoms with van der Waals surface area (Å²) in [5.41, 5.74) is 0.991. The molecule has 136 valence electrons. The lowest BCUT2D eigenvalue weighted by atomic mass is 10.2. The predicted molar refractivity (Wildman–Crippen MR) is 99.0 cm³/mol. The lowest BCUT2D eigenvalue weighted by Gasteiger charge is -2.23. The van der Waals surface area contributed by atoms with E-state index in [2.05, 4.69) is 20.4 Å². The van der Waals surface area contributed by atoms with Gasteiger partial charge in [0.25, 0.3) is 0 Å². The number of rotatable bonds is 7. The Morgan fingerprint density at radius 2 is 2.12 bits per heavy atom. The van der Waals surface area contributed by atoms with Gasteiger partial charge in [0.15, 0.2) is 0 Å². The van der Waals surface area contributed by atoms with Crippen LogP contribution >= 0.6 is 11.8 Å². The molecule has 0 saturated carbocycles. The number of benzene rings is 1. The zero-order chi connectivity index (χ0) is 19.1. The number of para-hydroxylation sites is 1. The molecule has 7 heteroatoms. The zero-order valence-electron chi connectivity index (χ0n) is 14.7. The highest BCUT2D eigenvalue weighted by molar-refractivity contribution is 8.03. The van der Waals surface area contributed by atoms with E-state index < -0.39 is 11.9 Å². The van der Waals surface area contributed by atoms with Gasteiger partial charge >= 0.3 is 11.9 Å². The molecule has 26 heavy (non-hydrogen) atoms. The van der Waals surface area contributed by atoms with E-state index in [-0.39, 0.29) is 18.8 Å². The number of hydrogen-bond acceptors (Lipinski definition) is 7. The molecule has 0 saturated heterocycles. The normalized spacial score (nSPS) is 14.5. The molecule has 1 aliphatic heterocycles. The van der Waals surface area contributed by atoms with E-state index in [9.17, 15) is 14.9 Å². The van der Waals surface area contributed by atoms with E-state index in [0.29, 0.717) is 17.5 Å². The van der Waals surface area contributed by atoms with Crippen LogP contribution in [0.2, 0.25) is 0 Å². The first-order valence-electron chi connectivity index (χ1n) is 8.15. The SMILES string of the molecule is C=CC(=O)OCCC(=O)O/C(C#N)=C1\Sc2ccccc2N1CC(C)C. The minimum Gasteiger partial charge on any atom is -0.462 e. The molecule has 0 bridgehead atoms. The summed E-state index contributed by atoms with van der Waals surface area (Å²) in [7, 11) is 0. The number of nitriles is 1. The fourth-order valence-corrected chi connectivity index (χ4v) is 3.42. The lowest BCUT2D eigenvalue weighted by Crippen LogP contribution is -2.24. The number of thioether (sulfide) groups is 1. The Bertz CT molecular complexity index is 780. The van der Waals surface area contributed by atoms with Crippen LogP contribution in [0.25, 0.3) is 0 Å². The molecule has 1 aromatic carbocycles. The van der Waals surface area contributed by atoms with Gasteiger partial charge in [-0.15, -0.1) is 0 Å². The van der Waals surface area contributed by atoms with Gasteiger partial charge in [0.05, 0.1) is 12.1 Å². The summed E-state index contributed by atoms with van der Waals surface area (Å²) in [5, 5.41) is 10.1. The van der Waals surface area contributed by atoms with Gasteiger partial charge in [-0.2, -0.15) is 5.26 Å². The Morgan fingerprint density at radius 1 is 1.38 bits per heavy atom. The van der Waals surface area contributed by atoms with E-state index in [4.69, 9.17) is 9.47 Å². The smallest absolute Gasteiger partial charge is 0.330 e. The molecule has 0 spiro atoms. The number of anilines is 1. The first-order chi connectivity index (χ1) is 12.5. The fraction of sp³-hybridized carbons (Fsp3) is 0.316. The van der Waals surface area contributed by atoms with Crippen molar-refractivity contribution < 1.29 is 19.1 Å². The highest BCUT2D eigenvalue weighted by Crippen LogP contribution is 2.47. The maximum Gasteiger partial charge on any atom is 0.330 e. The van der Waals surface area contributed by atoms with E-state index >= 15 is 0 Å². The first-order valence-corrected chi connectivity index (χ1v) is 8.96. The van der Waals surface area contributed by atoms with Crippen LogP contribution in [0, 0.1) is 17.2 Å². The second kappa shape index (κ2) is 9.11. The second-order valence-electron chi connectivity index (χ2n) is 5.92. The molecule has 0 atom stereocenters. The molecular weight excluding hydrogens is 352 g/mol. The summed E-state index contributed by atoms with van der Waals surface area (Å²) in [6.07, 6.45) is 0.879. The van der Waals surface area contributed by atoms with E-state index in [1.54, 1.807) is 0 Å². The number of hydrogen-bond donors (Lipinski definition) is 0. The molecule has 0 N–H and O–H groups in total. The minimum atomic E-state index is -0.632. The molecule has 0 aliphatic carbocycles. The first kappa shape index (κ1) is 19.6. The summed E-state index contributed by atoms with van der Waals surface area (Å²) in [5.74, 6) is -0.939. The molecule has 0 unspecified atom stereocenters. The van der Waals surface area contributed by atoms with Crippen molar-refractivity contribution in [2.24, 2.45) is 5.92 Å². The molecule has 6 nitrogen and oxygen atoms in total. The van der Waals surface area contributed by atoms with Crippen LogP contribution in [-0.2, 0) is 19.1 Å². The molecule has 1 heterocycles. The quantitative estimate of drug-likeness (QED) is 0.313. The monoisotopic (exact) mass is 372 g/mol. The molecule has 2 rings (SSSR count). The Hall–Kier alpha value is -2.72. The molecule has 0 fully saturated rings. The summed E-state index contributed by atoms with van der Waals surface area (Å²) in [6.45, 7) is 8.00. The molecule has 0 aromatic heterocycles. The Kier molecular flexibility index (Phi) is 6.87. The standard InChI is InChI=1S/C19H20N2O4S/c1-4-17(22)24-10-9-18(23)25-15(11-20)19-21(12-13(2)3)14-7-5-6-8-16(14)26-19/h4-8,13H,1,9-10,12H2,2-3H3/b19-15-. The maximum absolute atomic E-state index is 12.0. The number of allylic oxidation sites excluding steroid dienone is 1. The zero-order valence-corrected chi connectivity index (χ0v) is 15.5. The van der Waals surface area contributed by atoms with Crippen molar-refractivity contribution in [3.8, 4) is 6.07 Å². The van der Waals surface area contributed by atoms with Crippen molar-refractivity contribution >= 4 is 29.4 Å². The van der Waals surface area contributed by atoms with Crippen molar-refractivity contribution in [1.29, 1.82) is 5.26 Å². The van der Waals surface area contributed by atoms with Crippen molar-refractivity contribution in [3.05, 3.63) is 47.7 Å². The van der Waals surface area contributed by atoms with Crippen molar-refractivity contribution in [1.82, 2.24) is 0 Å². The largest absolute Gasteiger partial charge is 0.462 e. The third-order valence-corrected chi connectivity index (χ3v) is 4.55. The van der Waals surface area contributed by atoms with Gasteiger partial charge in [-0.3, -0.25) is 4.79 Å². The Morgan fingerprint density at radius 3 is 2.77 bits per heavy atom. The number of esters is 2. The van der Waals surface area contributed by atoms with Crippen molar-refractivity contribution in [3.63, 3.8) is 0 Å². The number of carbonyl (C=O) groups is 2. The van der Waals surface area contributed by atoms with Gasteiger partial charge in [0.1, 0.15) is 17.7 Å². The van der Waals surface area contributed by atoms with Crippen LogP contribution in [0.15, 0.2) is 52.6 Å². The van der Waals surface area contributed by atoms with Crippen LogP contribution in [0.4, 0.5) is 5.69 Å². The highest BCUT2D eigenvalue weighted by atomic mass is 32.2. The molecule has 0 radical (unpaired) electrons. The Balaban J connectivity index is 2.16. The van der Waals surface area contributed by atoms with Crippen LogP contribution in [-0.4, -0.2) is 25.1 Å². The predicted octanol–water partition coefficient (Wildman–Crippen LogP) is 3.61. The summed E-state index contributed by atoms with van der Waals surface area (Å²) < 4.78 is 10.00. The van der Waals surface area contributed by atoms with Gasteiger partial charge in [0, 0.05) is 17.5 Å². The third kappa shape index (κ3) is 4.90. The Labute approximate surface area is 157 Å². The van der Waals surface area contributed by atoms with Crippen molar-refractivity contribution in [2.75, 3.05) is 18.1 Å². The average Bonchev–Trinajstić information content (AvgIpc) is 2.97. The van der Waals surface area contributed by atoms with Gasteiger partial charge in [-0.1, -0.05) is 44.3 Å². The summed E-state index contributed by atoms with van der Waals surface area (Å²) in [6, 6.07) is 9.77. The topological polar surface area (TPSA) is 79.6 Å². The average molecular weight is 372 g/mol. The number of nitrogens with zero attached hydrogens (tertiary/aromatic N) is 2. The van der Waals surface area contributed by atoms with Gasteiger partial charge < -0.3 is 14.4 Å². The van der Waals surface area contributed by atoms with Crippen molar-refractivity contribution in [2.45, 2.75) is 25.2 Å². The van der Waals surface area contributed by atoms with E-state index in [1.807, 2.05) is 35.2 Å². The number of fused-ring (bicyclic) bond motifs is 1. The van der Waals surface area contributed by atoms with Crippen LogP contribution in [0.3, 0.4) is 0 Å². The van der Waals surface area contributed by atoms with Crippen LogP contribution < -0.4 is 4.90 Å². The minimum absolute atomic E-state index is 0.0492. The van der Waals surface area contributed by atoms with Crippen LogP contribution in [0.5, 0.6) is 0 Å². The van der Waals surface area contributed by atoms with Crippen LogP contribution in [0.1, 0.15) is 20.3 Å². The number of ether oxygens (including phenoxy) is 2. The molecule has 1 aromatic rings. The highest BCUT2D eigenvalue weighted by Gasteiger charge is 2.30. The lowest BCUT2D eigenvalue weighted by molar-refractivity contribution is -0.143. The second-order valence-corrected chi connectivity index (χ2v) is 6.95. The summed E-state index contributed by atoms with van der Waals surface area (Å²) in [4.78, 5) is 26.0. The van der Waals surface area contributed by atoms with Gasteiger partial charge in [-0.25, -0.2) is 4.79 Å². The molecular formula is C19H20N2O4S. The number of carbonyl (C=O) groups excluding carboxylic acids is 2. The molecule has 0 amide bonds. The maximum atomic E-state index is 12.0. The summed E-state index contributed by atoms with van der Waals surface area (Å²) >= 11 is 1.40. The van der Waals surface area contributed by atoms with Gasteiger partial charge in [-0.05, 0) is 18.1 Å². The third-order valence-electron chi connectivity index (χ3n) is 3.38. The van der Waals surface area contributed by atoms with E-state index in [1.165, 1.54) is 11.8 Å². The fourth-order valence-electron chi connectivity index (χ4n) is 2.32. The molecule has 1 aliphatic rings.